The van der Waals surface area contributed by atoms with Crippen LogP contribution in [0.15, 0.2) is 36.5 Å². The van der Waals surface area contributed by atoms with Crippen LogP contribution in [-0.2, 0) is 16.5 Å². The molecule has 2 aromatic heterocycles. The summed E-state index contributed by atoms with van der Waals surface area (Å²) < 4.78 is 94.8. The molecule has 0 atom stereocenters. The van der Waals surface area contributed by atoms with Crippen LogP contribution in [-0.4, -0.2) is 33.7 Å². The van der Waals surface area contributed by atoms with Gasteiger partial charge >= 0.3 is 6.18 Å². The van der Waals surface area contributed by atoms with Crippen LogP contribution >= 0.6 is 0 Å². The van der Waals surface area contributed by atoms with Crippen molar-refractivity contribution in [2.24, 2.45) is 0 Å². The second-order valence-electron chi connectivity index (χ2n) is 9.29. The minimum atomic E-state index is -4.79. The summed E-state index contributed by atoms with van der Waals surface area (Å²) in [7, 11) is 1.56. The second kappa shape index (κ2) is 8.39. The molecule has 5 rings (SSSR count). The number of benzene rings is 1. The Morgan fingerprint density at radius 3 is 2.23 bits per heavy atom. The molecule has 0 aliphatic heterocycles. The first-order valence-electron chi connectivity index (χ1n) is 11.3. The van der Waals surface area contributed by atoms with Crippen molar-refractivity contribution in [2.75, 3.05) is 7.11 Å². The maximum absolute atomic E-state index is 14.1. The molecule has 188 valence electrons. The second-order valence-corrected chi connectivity index (χ2v) is 9.29. The van der Waals surface area contributed by atoms with Crippen LogP contribution in [0.3, 0.4) is 0 Å². The van der Waals surface area contributed by atoms with E-state index in [-0.39, 0.29) is 17.4 Å². The minimum Gasteiger partial charge on any atom is -0.490 e. The molecule has 2 saturated carbocycles. The monoisotopic (exact) mass is 499 g/mol. The highest BCUT2D eigenvalue weighted by molar-refractivity contribution is 5.57. The first-order chi connectivity index (χ1) is 16.5. The van der Waals surface area contributed by atoms with Crippen molar-refractivity contribution in [1.82, 2.24) is 14.6 Å². The van der Waals surface area contributed by atoms with E-state index in [1.165, 1.54) is 24.4 Å². The first-order valence-corrected chi connectivity index (χ1v) is 11.3. The molecular formula is C24H23F6N3O2. The fourth-order valence-corrected chi connectivity index (χ4v) is 5.16. The van der Waals surface area contributed by atoms with Gasteiger partial charge in [0.2, 0.25) is 5.92 Å². The molecule has 2 fully saturated rings. The fraction of sp³-hybridized carbons (Fsp3) is 0.500. The molecule has 0 amide bonds. The largest absolute Gasteiger partial charge is 0.490 e. The predicted molar refractivity (Wildman–Crippen MR) is 113 cm³/mol. The van der Waals surface area contributed by atoms with Crippen LogP contribution < -0.4 is 4.74 Å². The van der Waals surface area contributed by atoms with Crippen LogP contribution in [0, 0.1) is 5.82 Å². The number of aromatic nitrogens is 3. The molecule has 0 saturated heterocycles. The highest BCUT2D eigenvalue weighted by Crippen LogP contribution is 2.49. The Bertz CT molecular complexity index is 1210. The summed E-state index contributed by atoms with van der Waals surface area (Å²) in [5.74, 6) is -4.14. The third-order valence-corrected chi connectivity index (χ3v) is 7.10. The van der Waals surface area contributed by atoms with E-state index in [1.54, 1.807) is 19.2 Å². The van der Waals surface area contributed by atoms with Gasteiger partial charge in [-0.3, -0.25) is 4.40 Å². The molecule has 2 heterocycles. The standard InChI is InChI=1S/C24H23F6N3O2/c1-34-22(15-2-4-16(25)5-3-15)9-6-17(7-10-22)35-18-8-11-33-20(14-12-23(26,27)13-14)31-32-21(33)19(18)24(28,29)30/h2-5,8,11,14,17H,6-7,9-10,12-13H2,1H3/t17-,22+. The van der Waals surface area contributed by atoms with Crippen LogP contribution in [0.2, 0.25) is 0 Å². The molecule has 0 N–H and O–H groups in total. The minimum absolute atomic E-state index is 0.0878. The van der Waals surface area contributed by atoms with E-state index >= 15 is 0 Å². The van der Waals surface area contributed by atoms with Crippen LogP contribution in [0.1, 0.15) is 61.4 Å². The zero-order valence-corrected chi connectivity index (χ0v) is 18.8. The lowest BCUT2D eigenvalue weighted by molar-refractivity contribution is -0.138. The van der Waals surface area contributed by atoms with Crippen LogP contribution in [0.25, 0.3) is 5.65 Å². The number of ether oxygens (including phenoxy) is 2. The average molecular weight is 499 g/mol. The maximum atomic E-state index is 14.1. The van der Waals surface area contributed by atoms with Gasteiger partial charge in [0.1, 0.15) is 23.0 Å². The normalized spacial score (nSPS) is 24.9. The Hall–Kier alpha value is -2.82. The van der Waals surface area contributed by atoms with E-state index in [0.29, 0.717) is 25.7 Å². The molecule has 1 aromatic carbocycles. The van der Waals surface area contributed by atoms with Crippen molar-refractivity contribution < 1.29 is 35.8 Å². The molecule has 2 aliphatic rings. The summed E-state index contributed by atoms with van der Waals surface area (Å²) in [4.78, 5) is 0. The van der Waals surface area contributed by atoms with E-state index in [0.717, 1.165) is 9.96 Å². The SMILES string of the molecule is CO[C@]1(c2ccc(F)cc2)CC[C@H](Oc2ccn3c(C4CC(F)(F)C4)nnc3c2C(F)(F)F)CC1. The molecule has 2 aliphatic carbocycles. The van der Waals surface area contributed by atoms with E-state index in [4.69, 9.17) is 9.47 Å². The smallest absolute Gasteiger partial charge is 0.423 e. The molecule has 3 aromatic rings. The van der Waals surface area contributed by atoms with Gasteiger partial charge in [-0.2, -0.15) is 13.2 Å². The summed E-state index contributed by atoms with van der Waals surface area (Å²) in [6.07, 6.45) is -3.09. The van der Waals surface area contributed by atoms with Crippen molar-refractivity contribution in [2.45, 2.75) is 68.2 Å². The van der Waals surface area contributed by atoms with Crippen molar-refractivity contribution >= 4 is 5.65 Å². The van der Waals surface area contributed by atoms with Gasteiger partial charge in [-0.15, -0.1) is 10.2 Å². The summed E-state index contributed by atoms with van der Waals surface area (Å²) in [5.41, 5.74) is -1.41. The number of fused-ring (bicyclic) bond motifs is 1. The van der Waals surface area contributed by atoms with Gasteiger partial charge in [-0.1, -0.05) is 12.1 Å². The molecule has 0 radical (unpaired) electrons. The lowest BCUT2D eigenvalue weighted by Gasteiger charge is -2.39. The van der Waals surface area contributed by atoms with E-state index in [1.807, 2.05) is 0 Å². The van der Waals surface area contributed by atoms with Crippen LogP contribution in [0.5, 0.6) is 5.75 Å². The number of alkyl halides is 5. The first kappa shape index (κ1) is 23.9. The Morgan fingerprint density at radius 2 is 1.66 bits per heavy atom. The highest BCUT2D eigenvalue weighted by atomic mass is 19.4. The van der Waals surface area contributed by atoms with Gasteiger partial charge in [-0.05, 0) is 49.4 Å². The quantitative estimate of drug-likeness (QED) is 0.389. The molecule has 11 heteroatoms. The number of hydrogen-bond acceptors (Lipinski definition) is 4. The van der Waals surface area contributed by atoms with E-state index < -0.39 is 53.8 Å². The fourth-order valence-electron chi connectivity index (χ4n) is 5.16. The van der Waals surface area contributed by atoms with Crippen LogP contribution in [0.4, 0.5) is 26.3 Å². The summed E-state index contributed by atoms with van der Waals surface area (Å²) in [5, 5.41) is 7.49. The third-order valence-electron chi connectivity index (χ3n) is 7.10. The molecular weight excluding hydrogens is 476 g/mol. The number of pyridine rings is 1. The molecule has 35 heavy (non-hydrogen) atoms. The number of nitrogens with zero attached hydrogens (tertiary/aromatic N) is 3. The lowest BCUT2D eigenvalue weighted by atomic mass is 9.78. The van der Waals surface area contributed by atoms with Gasteiger partial charge in [0.25, 0.3) is 0 Å². The third kappa shape index (κ3) is 4.34. The van der Waals surface area contributed by atoms with E-state index in [9.17, 15) is 26.3 Å². The molecule has 0 unspecified atom stereocenters. The zero-order chi connectivity index (χ0) is 25.0. The molecule has 5 nitrogen and oxygen atoms in total. The Kier molecular flexibility index (Phi) is 5.73. The van der Waals surface area contributed by atoms with Crippen molar-refractivity contribution in [3.05, 3.63) is 59.3 Å². The van der Waals surface area contributed by atoms with Gasteiger partial charge in [0, 0.05) is 32.1 Å². The topological polar surface area (TPSA) is 48.7 Å². The molecule has 0 bridgehead atoms. The maximum Gasteiger partial charge on any atom is 0.423 e. The summed E-state index contributed by atoms with van der Waals surface area (Å²) >= 11 is 0. The summed E-state index contributed by atoms with van der Waals surface area (Å²) in [6.45, 7) is 0. The number of halogens is 6. The van der Waals surface area contributed by atoms with Crippen molar-refractivity contribution in [1.29, 1.82) is 0 Å². The predicted octanol–water partition coefficient (Wildman–Crippen LogP) is 6.26. The summed E-state index contributed by atoms with van der Waals surface area (Å²) in [6, 6.07) is 7.19. The van der Waals surface area contributed by atoms with Gasteiger partial charge in [-0.25, -0.2) is 13.2 Å². The Morgan fingerprint density at radius 1 is 1.00 bits per heavy atom. The Labute approximate surface area is 197 Å². The van der Waals surface area contributed by atoms with Gasteiger partial charge < -0.3 is 9.47 Å². The number of methoxy groups -OCH3 is 1. The zero-order valence-electron chi connectivity index (χ0n) is 18.8. The van der Waals surface area contributed by atoms with E-state index in [2.05, 4.69) is 10.2 Å². The average Bonchev–Trinajstić information content (AvgIpc) is 3.21. The van der Waals surface area contributed by atoms with Gasteiger partial charge in [0.05, 0.1) is 11.7 Å². The van der Waals surface area contributed by atoms with Gasteiger partial charge in [0.15, 0.2) is 5.65 Å². The lowest BCUT2D eigenvalue weighted by Crippen LogP contribution is -2.37. The number of rotatable bonds is 5. The molecule has 0 spiro atoms. The number of hydrogen-bond donors (Lipinski definition) is 0. The highest BCUT2D eigenvalue weighted by Gasteiger charge is 2.48. The Balaban J connectivity index is 1.38. The van der Waals surface area contributed by atoms with Crippen molar-refractivity contribution in [3.63, 3.8) is 0 Å². The van der Waals surface area contributed by atoms with Crippen molar-refractivity contribution in [3.8, 4) is 5.75 Å².